The summed E-state index contributed by atoms with van der Waals surface area (Å²) in [6.45, 7) is 2.80. The number of halogens is 1. The summed E-state index contributed by atoms with van der Waals surface area (Å²) in [5, 5.41) is 8.91. The zero-order chi connectivity index (χ0) is 22.1. The fraction of sp³-hybridized carbons (Fsp3) is 0.190. The Labute approximate surface area is 191 Å². The molecule has 0 bridgehead atoms. The van der Waals surface area contributed by atoms with Crippen LogP contribution in [0.25, 0.3) is 11.3 Å². The van der Waals surface area contributed by atoms with Gasteiger partial charge in [-0.1, -0.05) is 30.0 Å². The Balaban J connectivity index is 1.90. The van der Waals surface area contributed by atoms with Crippen LogP contribution in [0.1, 0.15) is 25.6 Å². The predicted octanol–water partition coefficient (Wildman–Crippen LogP) is 4.39. The molecular formula is C21H17BrN4O4S. The summed E-state index contributed by atoms with van der Waals surface area (Å²) in [5.74, 6) is -0.00214. The molecule has 31 heavy (non-hydrogen) atoms. The fourth-order valence-electron chi connectivity index (χ4n) is 3.26. The van der Waals surface area contributed by atoms with Crippen molar-refractivity contribution in [2.24, 2.45) is 0 Å². The van der Waals surface area contributed by atoms with E-state index in [2.05, 4.69) is 31.1 Å². The second-order valence-electron chi connectivity index (χ2n) is 6.61. The molecule has 1 aliphatic rings. The lowest BCUT2D eigenvalue weighted by Gasteiger charge is -2.30. The highest BCUT2D eigenvalue weighted by Crippen LogP contribution is 2.44. The maximum atomic E-state index is 12.8. The lowest BCUT2D eigenvalue weighted by Crippen LogP contribution is -2.36. The molecular weight excluding hydrogens is 484 g/mol. The first kappa shape index (κ1) is 21.3. The number of aromatic nitrogens is 3. The number of ether oxygens (including phenoxy) is 2. The van der Waals surface area contributed by atoms with Gasteiger partial charge in [-0.3, -0.25) is 14.5 Å². The van der Waals surface area contributed by atoms with Crippen molar-refractivity contribution in [1.29, 1.82) is 0 Å². The zero-order valence-corrected chi connectivity index (χ0v) is 19.2. The van der Waals surface area contributed by atoms with E-state index in [1.807, 2.05) is 30.5 Å². The van der Waals surface area contributed by atoms with Crippen molar-refractivity contribution in [1.82, 2.24) is 15.2 Å². The minimum absolute atomic E-state index is 0.219. The van der Waals surface area contributed by atoms with Crippen LogP contribution in [0, 0.1) is 0 Å². The molecule has 8 nitrogen and oxygen atoms in total. The number of rotatable bonds is 3. The molecule has 0 N–H and O–H groups in total. The lowest BCUT2D eigenvalue weighted by atomic mass is 10.1. The molecule has 0 aliphatic carbocycles. The molecule has 1 atom stereocenters. The van der Waals surface area contributed by atoms with Gasteiger partial charge in [-0.05, 0) is 46.5 Å². The number of benzene rings is 2. The molecule has 3 aromatic rings. The zero-order valence-electron chi connectivity index (χ0n) is 16.8. The van der Waals surface area contributed by atoms with E-state index in [-0.39, 0.29) is 11.8 Å². The Kier molecular flexibility index (Phi) is 5.92. The molecule has 158 valence electrons. The van der Waals surface area contributed by atoms with Crippen molar-refractivity contribution < 1.29 is 19.1 Å². The van der Waals surface area contributed by atoms with Gasteiger partial charge < -0.3 is 9.47 Å². The summed E-state index contributed by atoms with van der Waals surface area (Å²) in [6, 6.07) is 12.5. The molecule has 4 rings (SSSR count). The van der Waals surface area contributed by atoms with Crippen LogP contribution >= 0.6 is 27.7 Å². The van der Waals surface area contributed by atoms with Crippen molar-refractivity contribution >= 4 is 45.3 Å². The first-order valence-corrected chi connectivity index (χ1v) is 11.2. The Morgan fingerprint density at radius 1 is 1.16 bits per heavy atom. The van der Waals surface area contributed by atoms with Gasteiger partial charge in [-0.25, -0.2) is 0 Å². The highest BCUT2D eigenvalue weighted by atomic mass is 79.9. The number of para-hydroxylation sites is 1. The number of fused-ring (bicyclic) bond motifs is 3. The average Bonchev–Trinajstić information content (AvgIpc) is 2.89. The van der Waals surface area contributed by atoms with E-state index in [1.165, 1.54) is 25.6 Å². The topological polar surface area (TPSA) is 94.5 Å². The molecule has 1 amide bonds. The van der Waals surface area contributed by atoms with E-state index in [0.29, 0.717) is 37.9 Å². The Bertz CT molecular complexity index is 1190. The van der Waals surface area contributed by atoms with Crippen LogP contribution in [0.3, 0.4) is 0 Å². The maximum Gasteiger partial charge on any atom is 0.308 e. The number of carbonyl (C=O) groups excluding carboxylic acids is 2. The van der Waals surface area contributed by atoms with E-state index >= 15 is 0 Å². The summed E-state index contributed by atoms with van der Waals surface area (Å²) >= 11 is 4.77. The minimum Gasteiger partial charge on any atom is -0.447 e. The van der Waals surface area contributed by atoms with Gasteiger partial charge in [0.05, 0.1) is 10.2 Å². The molecule has 10 heteroatoms. The number of hydrogen-bond acceptors (Lipinski definition) is 8. The van der Waals surface area contributed by atoms with Crippen molar-refractivity contribution in [3.63, 3.8) is 0 Å². The molecule has 0 radical (unpaired) electrons. The normalized spacial score (nSPS) is 14.7. The summed E-state index contributed by atoms with van der Waals surface area (Å²) in [7, 11) is 0. The minimum atomic E-state index is -0.825. The highest BCUT2D eigenvalue weighted by molar-refractivity contribution is 9.10. The van der Waals surface area contributed by atoms with Crippen molar-refractivity contribution in [2.75, 3.05) is 11.2 Å². The van der Waals surface area contributed by atoms with Crippen LogP contribution in [0.4, 0.5) is 5.69 Å². The van der Waals surface area contributed by atoms with E-state index in [9.17, 15) is 9.59 Å². The molecule has 1 aromatic heterocycles. The summed E-state index contributed by atoms with van der Waals surface area (Å²) in [6.07, 6.45) is 1.02. The van der Waals surface area contributed by atoms with Crippen LogP contribution in [-0.4, -0.2) is 33.3 Å². The van der Waals surface area contributed by atoms with Gasteiger partial charge in [0.1, 0.15) is 5.75 Å². The average molecular weight is 501 g/mol. The number of thioether (sulfide) groups is 1. The molecule has 0 spiro atoms. The van der Waals surface area contributed by atoms with Crippen LogP contribution in [0.15, 0.2) is 52.1 Å². The van der Waals surface area contributed by atoms with Crippen LogP contribution in [0.5, 0.6) is 11.6 Å². The van der Waals surface area contributed by atoms with Crippen LogP contribution in [0.2, 0.25) is 0 Å². The molecule has 1 aliphatic heterocycles. The number of amides is 1. The molecule has 0 fully saturated rings. The summed E-state index contributed by atoms with van der Waals surface area (Å²) < 4.78 is 12.0. The van der Waals surface area contributed by atoms with Crippen molar-refractivity contribution in [2.45, 2.75) is 25.2 Å². The molecule has 0 saturated heterocycles. The Morgan fingerprint density at radius 2 is 1.94 bits per heavy atom. The van der Waals surface area contributed by atoms with Crippen molar-refractivity contribution in [3.8, 4) is 22.9 Å². The third-order valence-electron chi connectivity index (χ3n) is 4.53. The van der Waals surface area contributed by atoms with E-state index in [1.54, 1.807) is 23.1 Å². The largest absolute Gasteiger partial charge is 0.447 e. The molecule has 0 unspecified atom stereocenters. The quantitative estimate of drug-likeness (QED) is 0.296. The van der Waals surface area contributed by atoms with E-state index < -0.39 is 12.2 Å². The Hall–Kier alpha value is -2.98. The third kappa shape index (κ3) is 4.13. The number of anilines is 1. The smallest absolute Gasteiger partial charge is 0.308 e. The van der Waals surface area contributed by atoms with Gasteiger partial charge in [-0.15, -0.1) is 10.2 Å². The van der Waals surface area contributed by atoms with Gasteiger partial charge in [0.15, 0.2) is 5.69 Å². The monoisotopic (exact) mass is 500 g/mol. The molecule has 2 heterocycles. The van der Waals surface area contributed by atoms with Gasteiger partial charge in [0, 0.05) is 25.0 Å². The first-order valence-electron chi connectivity index (χ1n) is 9.21. The summed E-state index contributed by atoms with van der Waals surface area (Å²) in [5.41, 5.74) is 2.44. The van der Waals surface area contributed by atoms with Crippen LogP contribution < -0.4 is 14.4 Å². The van der Waals surface area contributed by atoms with Gasteiger partial charge in [-0.2, -0.15) is 4.98 Å². The van der Waals surface area contributed by atoms with Gasteiger partial charge >= 0.3 is 5.97 Å². The van der Waals surface area contributed by atoms with Gasteiger partial charge in [0.25, 0.3) is 0 Å². The van der Waals surface area contributed by atoms with E-state index in [4.69, 9.17) is 9.47 Å². The standard InChI is InChI=1S/C21H17BrN4O4S/c1-11(27)26-16-7-5-4-6-14(16)18-19(23-21(31-3)25-24-18)30-20(26)13-8-9-17(15(22)10-13)29-12(2)28/h4-10,20H,1-3H3/t20-/m1/s1. The highest BCUT2D eigenvalue weighted by Gasteiger charge is 2.34. The fourth-order valence-corrected chi connectivity index (χ4v) is 4.04. The molecule has 2 aromatic carbocycles. The first-order chi connectivity index (χ1) is 14.9. The van der Waals surface area contributed by atoms with Crippen LogP contribution in [-0.2, 0) is 9.59 Å². The SMILES string of the molecule is CSc1nnc2c(n1)O[C@H](c1ccc(OC(C)=O)c(Br)c1)N(C(C)=O)c1ccccc1-2. The molecule has 0 saturated carbocycles. The number of nitrogens with zero attached hydrogens (tertiary/aromatic N) is 4. The third-order valence-corrected chi connectivity index (χ3v) is 5.69. The number of hydrogen-bond donors (Lipinski definition) is 0. The Morgan fingerprint density at radius 3 is 2.61 bits per heavy atom. The summed E-state index contributed by atoms with van der Waals surface area (Å²) in [4.78, 5) is 30.1. The second-order valence-corrected chi connectivity index (χ2v) is 8.24. The second kappa shape index (κ2) is 8.64. The number of carbonyl (C=O) groups is 2. The number of esters is 1. The van der Waals surface area contributed by atoms with Crippen molar-refractivity contribution in [3.05, 3.63) is 52.5 Å². The predicted molar refractivity (Wildman–Crippen MR) is 119 cm³/mol. The maximum absolute atomic E-state index is 12.8. The lowest BCUT2D eigenvalue weighted by molar-refractivity contribution is -0.132. The van der Waals surface area contributed by atoms with E-state index in [0.717, 1.165) is 0 Å². The van der Waals surface area contributed by atoms with Gasteiger partial charge in [0.2, 0.25) is 23.2 Å².